The minimum Gasteiger partial charge on any atom is -0.484 e. The van der Waals surface area contributed by atoms with Crippen LogP contribution < -0.4 is 4.74 Å². The van der Waals surface area contributed by atoms with Gasteiger partial charge < -0.3 is 9.84 Å². The number of amides is 1. The van der Waals surface area contributed by atoms with E-state index in [4.69, 9.17) is 4.74 Å². The molecule has 0 saturated heterocycles. The predicted octanol–water partition coefficient (Wildman–Crippen LogP) is 3.47. The van der Waals surface area contributed by atoms with E-state index in [1.165, 1.54) is 0 Å². The second-order valence-corrected chi connectivity index (χ2v) is 6.98. The average molecular weight is 421 g/mol. The maximum Gasteiger partial charge on any atom is 0.439 e. The van der Waals surface area contributed by atoms with Crippen molar-refractivity contribution in [3.05, 3.63) is 28.7 Å². The van der Waals surface area contributed by atoms with Crippen molar-refractivity contribution < 1.29 is 27.8 Å². The Bertz CT molecular complexity index is 693. The molecule has 0 radical (unpaired) electrons. The van der Waals surface area contributed by atoms with Crippen molar-refractivity contribution in [2.75, 3.05) is 6.61 Å². The highest BCUT2D eigenvalue weighted by Gasteiger charge is 2.68. The smallest absolute Gasteiger partial charge is 0.439 e. The van der Waals surface area contributed by atoms with E-state index < -0.39 is 30.3 Å². The van der Waals surface area contributed by atoms with Gasteiger partial charge in [-0.15, -0.1) is 0 Å². The van der Waals surface area contributed by atoms with Crippen molar-refractivity contribution in [3.8, 4) is 5.75 Å². The molecule has 1 N–H and O–H groups in total. The summed E-state index contributed by atoms with van der Waals surface area (Å²) in [5, 5.41) is 14.4. The van der Waals surface area contributed by atoms with Crippen LogP contribution in [0.2, 0.25) is 0 Å². The molecule has 1 saturated carbocycles. The summed E-state index contributed by atoms with van der Waals surface area (Å²) in [6, 6.07) is 6.50. The minimum atomic E-state index is -5.01. The third-order valence-corrected chi connectivity index (χ3v) is 4.97. The number of ether oxygens (including phenoxy) is 1. The molecule has 1 heterocycles. The van der Waals surface area contributed by atoms with Gasteiger partial charge in [0, 0.05) is 10.2 Å². The lowest BCUT2D eigenvalue weighted by atomic mass is 9.80. The van der Waals surface area contributed by atoms with E-state index in [1.807, 2.05) is 0 Å². The van der Waals surface area contributed by atoms with Crippen LogP contribution in [0.3, 0.4) is 0 Å². The van der Waals surface area contributed by atoms with Gasteiger partial charge in [-0.3, -0.25) is 4.79 Å². The Labute approximate surface area is 150 Å². The highest BCUT2D eigenvalue weighted by Crippen LogP contribution is 2.48. The minimum absolute atomic E-state index is 0.145. The second kappa shape index (κ2) is 6.60. The van der Waals surface area contributed by atoms with Crippen LogP contribution in [0.5, 0.6) is 5.75 Å². The zero-order valence-corrected chi connectivity index (χ0v) is 14.7. The Kier molecular flexibility index (Phi) is 4.80. The molecular weight excluding hydrogens is 405 g/mol. The fourth-order valence-electron chi connectivity index (χ4n) is 3.20. The van der Waals surface area contributed by atoms with Crippen molar-refractivity contribution in [1.29, 1.82) is 0 Å². The summed E-state index contributed by atoms with van der Waals surface area (Å²) in [6.07, 6.45) is -3.26. The molecule has 136 valence electrons. The molecule has 0 spiro atoms. The Balaban J connectivity index is 1.79. The third kappa shape index (κ3) is 3.27. The van der Waals surface area contributed by atoms with Crippen molar-refractivity contribution >= 4 is 27.5 Å². The van der Waals surface area contributed by atoms with E-state index in [9.17, 15) is 23.1 Å². The average Bonchev–Trinajstić information content (AvgIpc) is 2.89. The van der Waals surface area contributed by atoms with Gasteiger partial charge in [-0.05, 0) is 43.5 Å². The van der Waals surface area contributed by atoms with Gasteiger partial charge in [0.1, 0.15) is 5.75 Å². The van der Waals surface area contributed by atoms with Gasteiger partial charge in [-0.2, -0.15) is 23.3 Å². The monoisotopic (exact) mass is 420 g/mol. The number of alkyl halides is 3. The van der Waals surface area contributed by atoms with Gasteiger partial charge in [0.15, 0.2) is 6.61 Å². The number of aliphatic hydroxyl groups is 1. The van der Waals surface area contributed by atoms with Crippen molar-refractivity contribution in [1.82, 2.24) is 5.01 Å². The Morgan fingerprint density at radius 2 is 2.04 bits per heavy atom. The van der Waals surface area contributed by atoms with E-state index in [2.05, 4.69) is 21.0 Å². The van der Waals surface area contributed by atoms with Gasteiger partial charge in [0.05, 0.1) is 5.92 Å². The topological polar surface area (TPSA) is 62.1 Å². The normalized spacial score (nSPS) is 26.2. The summed E-state index contributed by atoms with van der Waals surface area (Å²) in [5.41, 5.74) is -3.08. The maximum atomic E-state index is 13.6. The summed E-state index contributed by atoms with van der Waals surface area (Å²) >= 11 is 3.24. The number of rotatable bonds is 3. The lowest BCUT2D eigenvalue weighted by Crippen LogP contribution is -2.62. The first-order valence-electron chi connectivity index (χ1n) is 7.81. The molecule has 3 rings (SSSR count). The van der Waals surface area contributed by atoms with Crippen molar-refractivity contribution in [2.24, 2.45) is 11.0 Å². The fraction of sp³-hybridized carbons (Fsp3) is 0.500. The molecule has 0 unspecified atom stereocenters. The van der Waals surface area contributed by atoms with E-state index in [0.717, 1.165) is 4.47 Å². The molecule has 2 aliphatic rings. The van der Waals surface area contributed by atoms with Crippen LogP contribution >= 0.6 is 15.9 Å². The summed E-state index contributed by atoms with van der Waals surface area (Å²) in [7, 11) is 0. The van der Waals surface area contributed by atoms with Gasteiger partial charge in [0.25, 0.3) is 11.6 Å². The van der Waals surface area contributed by atoms with Gasteiger partial charge >= 0.3 is 6.18 Å². The summed E-state index contributed by atoms with van der Waals surface area (Å²) in [6.45, 7) is -0.649. The number of carbonyl (C=O) groups excluding carboxylic acids is 1. The van der Waals surface area contributed by atoms with Gasteiger partial charge in [-0.25, -0.2) is 0 Å². The standard InChI is InChI=1S/C16H16BrF3N2O3/c17-10-5-7-11(8-6-10)25-9-14(23)22-15(24,16(18,19)20)12-3-1-2-4-13(12)21-22/h5-8,12,24H,1-4,9H2/t12-,15+/m1/s1. The fourth-order valence-corrected chi connectivity index (χ4v) is 3.47. The number of benzene rings is 1. The van der Waals surface area contributed by atoms with E-state index in [-0.39, 0.29) is 17.1 Å². The highest BCUT2D eigenvalue weighted by molar-refractivity contribution is 9.10. The lowest BCUT2D eigenvalue weighted by molar-refractivity contribution is -0.317. The first kappa shape index (κ1) is 18.2. The number of carbonyl (C=O) groups is 1. The molecule has 1 aliphatic carbocycles. The van der Waals surface area contributed by atoms with Crippen molar-refractivity contribution in [2.45, 2.75) is 37.6 Å². The first-order valence-corrected chi connectivity index (χ1v) is 8.60. The molecule has 9 heteroatoms. The zero-order chi connectivity index (χ0) is 18.2. The summed E-state index contributed by atoms with van der Waals surface area (Å²) in [5.74, 6) is -1.92. The van der Waals surface area contributed by atoms with Crippen LogP contribution in [0.15, 0.2) is 33.8 Å². The lowest BCUT2D eigenvalue weighted by Gasteiger charge is -2.38. The zero-order valence-electron chi connectivity index (χ0n) is 13.1. The highest BCUT2D eigenvalue weighted by atomic mass is 79.9. The Morgan fingerprint density at radius 3 is 2.68 bits per heavy atom. The Morgan fingerprint density at radius 1 is 1.36 bits per heavy atom. The predicted molar refractivity (Wildman–Crippen MR) is 86.9 cm³/mol. The van der Waals surface area contributed by atoms with Crippen LogP contribution in [0.1, 0.15) is 25.7 Å². The van der Waals surface area contributed by atoms with Crippen molar-refractivity contribution in [3.63, 3.8) is 0 Å². The third-order valence-electron chi connectivity index (χ3n) is 4.44. The van der Waals surface area contributed by atoms with Crippen LogP contribution in [-0.4, -0.2) is 40.2 Å². The SMILES string of the molecule is O=C(COc1ccc(Br)cc1)N1N=C2CCCC[C@H]2[C@]1(O)C(F)(F)F. The molecule has 0 bridgehead atoms. The molecule has 1 aromatic rings. The van der Waals surface area contributed by atoms with Gasteiger partial charge in [0.2, 0.25) is 0 Å². The molecule has 2 atom stereocenters. The van der Waals surface area contributed by atoms with E-state index >= 15 is 0 Å². The molecule has 0 aromatic heterocycles. The number of halogens is 4. The molecule has 5 nitrogen and oxygen atoms in total. The molecule has 1 aromatic carbocycles. The Hall–Kier alpha value is -1.61. The molecule has 1 amide bonds. The van der Waals surface area contributed by atoms with Crippen LogP contribution in [0, 0.1) is 5.92 Å². The maximum absolute atomic E-state index is 13.6. The number of hydrazone groups is 1. The number of hydrogen-bond donors (Lipinski definition) is 1. The second-order valence-electron chi connectivity index (χ2n) is 6.06. The molecule has 25 heavy (non-hydrogen) atoms. The molecular formula is C16H16BrF3N2O3. The van der Waals surface area contributed by atoms with Crippen LogP contribution in [-0.2, 0) is 4.79 Å². The number of fused-ring (bicyclic) bond motifs is 1. The quantitative estimate of drug-likeness (QED) is 0.814. The van der Waals surface area contributed by atoms with Crippen LogP contribution in [0.25, 0.3) is 0 Å². The molecule has 1 fully saturated rings. The first-order chi connectivity index (χ1) is 11.7. The number of hydrogen-bond acceptors (Lipinski definition) is 4. The molecule has 1 aliphatic heterocycles. The van der Waals surface area contributed by atoms with E-state index in [1.54, 1.807) is 24.3 Å². The number of nitrogens with zero attached hydrogens (tertiary/aromatic N) is 2. The van der Waals surface area contributed by atoms with Crippen LogP contribution in [0.4, 0.5) is 13.2 Å². The largest absolute Gasteiger partial charge is 0.484 e. The summed E-state index contributed by atoms with van der Waals surface area (Å²) < 4.78 is 46.7. The van der Waals surface area contributed by atoms with E-state index in [0.29, 0.717) is 25.0 Å². The summed E-state index contributed by atoms with van der Waals surface area (Å²) in [4.78, 5) is 12.3. The van der Waals surface area contributed by atoms with Gasteiger partial charge in [-0.1, -0.05) is 22.4 Å².